The average molecular weight is 430 g/mol. The number of rotatable bonds is 4. The van der Waals surface area contributed by atoms with Gasteiger partial charge < -0.3 is 15.2 Å². The van der Waals surface area contributed by atoms with Crippen molar-refractivity contribution in [2.75, 3.05) is 25.0 Å². The number of aromatic nitrogens is 2. The summed E-state index contributed by atoms with van der Waals surface area (Å²) >= 11 is 7.75. The van der Waals surface area contributed by atoms with E-state index in [2.05, 4.69) is 17.1 Å². The van der Waals surface area contributed by atoms with E-state index in [0.29, 0.717) is 22.2 Å². The van der Waals surface area contributed by atoms with Gasteiger partial charge in [0.15, 0.2) is 11.5 Å². The van der Waals surface area contributed by atoms with Crippen molar-refractivity contribution in [3.05, 3.63) is 57.6 Å². The number of nitrogens with zero attached hydrogens (tertiary/aromatic N) is 4. The first kappa shape index (κ1) is 19.5. The van der Waals surface area contributed by atoms with Gasteiger partial charge in [0.1, 0.15) is 5.51 Å². The first-order chi connectivity index (χ1) is 14.0. The molecule has 0 aliphatic carbocycles. The highest BCUT2D eigenvalue weighted by Crippen LogP contribution is 2.36. The molecule has 1 aliphatic heterocycles. The highest BCUT2D eigenvalue weighted by molar-refractivity contribution is 7.13. The Morgan fingerprint density at radius 2 is 1.93 bits per heavy atom. The molecule has 0 saturated carbocycles. The Kier molecular flexibility index (Phi) is 5.29. The van der Waals surface area contributed by atoms with Crippen molar-refractivity contribution in [3.63, 3.8) is 0 Å². The lowest BCUT2D eigenvalue weighted by molar-refractivity contribution is 0.354. The Bertz CT molecular complexity index is 1070. The van der Waals surface area contributed by atoms with Gasteiger partial charge in [0.2, 0.25) is 5.13 Å². The molecule has 0 bridgehead atoms. The van der Waals surface area contributed by atoms with Gasteiger partial charge in [-0.1, -0.05) is 29.0 Å². The molecule has 0 amide bonds. The number of hydrazone groups is 1. The van der Waals surface area contributed by atoms with E-state index in [4.69, 9.17) is 31.9 Å². The molecule has 0 saturated heterocycles. The van der Waals surface area contributed by atoms with Gasteiger partial charge in [-0.3, -0.25) is 0 Å². The summed E-state index contributed by atoms with van der Waals surface area (Å²) in [5.74, 6) is 1.31. The zero-order chi connectivity index (χ0) is 20.5. The van der Waals surface area contributed by atoms with Crippen molar-refractivity contribution in [2.45, 2.75) is 19.4 Å². The van der Waals surface area contributed by atoms with Gasteiger partial charge in [0.05, 0.1) is 36.7 Å². The van der Waals surface area contributed by atoms with Crippen LogP contribution in [0.1, 0.15) is 23.6 Å². The maximum Gasteiger partial charge on any atom is 0.228 e. The van der Waals surface area contributed by atoms with E-state index in [1.807, 2.05) is 29.3 Å². The lowest BCUT2D eigenvalue weighted by Crippen LogP contribution is -2.29. The molecule has 4 rings (SSSR count). The molecule has 0 spiro atoms. The fourth-order valence-corrected chi connectivity index (χ4v) is 4.15. The number of ether oxygens (including phenoxy) is 2. The van der Waals surface area contributed by atoms with Crippen LogP contribution in [-0.4, -0.2) is 36.2 Å². The highest BCUT2D eigenvalue weighted by Gasteiger charge is 2.27. The van der Waals surface area contributed by atoms with E-state index in [0.717, 1.165) is 34.0 Å². The van der Waals surface area contributed by atoms with Crippen LogP contribution >= 0.6 is 22.9 Å². The van der Waals surface area contributed by atoms with Crippen LogP contribution in [0.5, 0.6) is 11.5 Å². The second-order valence-electron chi connectivity index (χ2n) is 6.67. The molecule has 1 atom stereocenters. The zero-order valence-corrected chi connectivity index (χ0v) is 17.8. The summed E-state index contributed by atoms with van der Waals surface area (Å²) in [6.07, 6.45) is 0.741. The highest BCUT2D eigenvalue weighted by atomic mass is 35.5. The van der Waals surface area contributed by atoms with Gasteiger partial charge in [-0.25, -0.2) is 5.01 Å². The van der Waals surface area contributed by atoms with E-state index in [-0.39, 0.29) is 6.04 Å². The van der Waals surface area contributed by atoms with Crippen LogP contribution < -0.4 is 20.2 Å². The SMILES string of the molecule is COc1cc2c(cc1OC)C(c1ccc(N)c(Cl)c1)=NN(c1nncs1)C(C)C2. The topological polar surface area (TPSA) is 85.9 Å². The van der Waals surface area contributed by atoms with E-state index >= 15 is 0 Å². The number of halogens is 1. The molecule has 7 nitrogen and oxygen atoms in total. The Morgan fingerprint density at radius 1 is 1.17 bits per heavy atom. The lowest BCUT2D eigenvalue weighted by Gasteiger charge is -2.21. The van der Waals surface area contributed by atoms with Gasteiger partial charge in [-0.05, 0) is 43.2 Å². The monoisotopic (exact) mass is 429 g/mol. The third kappa shape index (κ3) is 3.61. The minimum absolute atomic E-state index is 0.0570. The van der Waals surface area contributed by atoms with Gasteiger partial charge in [0, 0.05) is 11.1 Å². The van der Waals surface area contributed by atoms with E-state index in [9.17, 15) is 0 Å². The largest absolute Gasteiger partial charge is 0.493 e. The number of anilines is 2. The van der Waals surface area contributed by atoms with Crippen LogP contribution in [0.2, 0.25) is 5.02 Å². The van der Waals surface area contributed by atoms with Crippen LogP contribution in [0.3, 0.4) is 0 Å². The molecule has 9 heteroatoms. The Labute approximate surface area is 177 Å². The molecular weight excluding hydrogens is 410 g/mol. The predicted molar refractivity (Wildman–Crippen MR) is 117 cm³/mol. The van der Waals surface area contributed by atoms with Gasteiger partial charge in [-0.2, -0.15) is 5.10 Å². The summed E-state index contributed by atoms with van der Waals surface area (Å²) in [4.78, 5) is 0. The molecule has 0 fully saturated rings. The fourth-order valence-electron chi connectivity index (χ4n) is 3.36. The van der Waals surface area contributed by atoms with Crippen molar-refractivity contribution in [1.82, 2.24) is 10.2 Å². The van der Waals surface area contributed by atoms with Crippen molar-refractivity contribution in [2.24, 2.45) is 5.10 Å². The van der Waals surface area contributed by atoms with Crippen molar-refractivity contribution in [3.8, 4) is 11.5 Å². The molecule has 2 heterocycles. The molecule has 2 aromatic carbocycles. The number of hydrogen-bond donors (Lipinski definition) is 1. The number of methoxy groups -OCH3 is 2. The predicted octanol–water partition coefficient (Wildman–Crippen LogP) is 3.99. The first-order valence-corrected chi connectivity index (χ1v) is 10.2. The second kappa shape index (κ2) is 7.88. The molecule has 1 aromatic heterocycles. The quantitative estimate of drug-likeness (QED) is 0.631. The molecule has 3 aromatic rings. The molecule has 150 valence electrons. The normalized spacial score (nSPS) is 16.1. The minimum atomic E-state index is 0.0570. The number of nitrogen functional groups attached to an aromatic ring is 1. The Hall–Kier alpha value is -2.84. The maximum atomic E-state index is 6.31. The maximum absolute atomic E-state index is 6.31. The first-order valence-electron chi connectivity index (χ1n) is 8.96. The summed E-state index contributed by atoms with van der Waals surface area (Å²) in [6.45, 7) is 2.10. The smallest absolute Gasteiger partial charge is 0.228 e. The number of benzene rings is 2. The molecular formula is C20H20ClN5O2S. The van der Waals surface area contributed by atoms with E-state index in [1.165, 1.54) is 11.3 Å². The second-order valence-corrected chi connectivity index (χ2v) is 7.89. The van der Waals surface area contributed by atoms with Crippen molar-refractivity contribution < 1.29 is 9.47 Å². The van der Waals surface area contributed by atoms with E-state index in [1.54, 1.807) is 25.8 Å². The number of nitrogens with two attached hydrogens (primary N) is 1. The number of hydrogen-bond acceptors (Lipinski definition) is 8. The third-order valence-corrected chi connectivity index (χ3v) is 5.83. The summed E-state index contributed by atoms with van der Waals surface area (Å²) in [6, 6.07) is 9.53. The van der Waals surface area contributed by atoms with Crippen LogP contribution in [0.25, 0.3) is 0 Å². The standard InChI is InChI=1S/C20H20ClN5O2S/c1-11-6-13-8-17(27-2)18(28-3)9-14(13)19(12-4-5-16(22)15(21)7-12)25-26(11)20-24-23-10-29-20/h4-5,7-11H,6,22H2,1-3H3. The molecule has 1 unspecified atom stereocenters. The number of fused-ring (bicyclic) bond motifs is 1. The van der Waals surface area contributed by atoms with Crippen LogP contribution in [0.4, 0.5) is 10.8 Å². The molecule has 0 radical (unpaired) electrons. The van der Waals surface area contributed by atoms with Crippen LogP contribution in [0, 0.1) is 0 Å². The minimum Gasteiger partial charge on any atom is -0.493 e. The van der Waals surface area contributed by atoms with Gasteiger partial charge in [0.25, 0.3) is 0 Å². The summed E-state index contributed by atoms with van der Waals surface area (Å²) in [5.41, 5.74) is 11.8. The Balaban J connectivity index is 1.96. The Morgan fingerprint density at radius 3 is 2.59 bits per heavy atom. The van der Waals surface area contributed by atoms with Crippen molar-refractivity contribution in [1.29, 1.82) is 0 Å². The molecule has 1 aliphatic rings. The van der Waals surface area contributed by atoms with Crippen molar-refractivity contribution >= 4 is 39.5 Å². The lowest BCUT2D eigenvalue weighted by atomic mass is 9.94. The van der Waals surface area contributed by atoms with Crippen LogP contribution in [-0.2, 0) is 6.42 Å². The molecule has 2 N–H and O–H groups in total. The summed E-state index contributed by atoms with van der Waals surface area (Å²) < 4.78 is 11.1. The fraction of sp³-hybridized carbons (Fsp3) is 0.250. The van der Waals surface area contributed by atoms with Gasteiger partial charge in [-0.15, -0.1) is 10.2 Å². The molecule has 29 heavy (non-hydrogen) atoms. The van der Waals surface area contributed by atoms with E-state index < -0.39 is 0 Å². The van der Waals surface area contributed by atoms with Crippen LogP contribution in [0.15, 0.2) is 40.9 Å². The third-order valence-electron chi connectivity index (χ3n) is 4.82. The summed E-state index contributed by atoms with van der Waals surface area (Å²) in [5, 5.41) is 16.3. The average Bonchev–Trinajstić information content (AvgIpc) is 3.20. The zero-order valence-electron chi connectivity index (χ0n) is 16.2. The van der Waals surface area contributed by atoms with Gasteiger partial charge >= 0.3 is 0 Å². The summed E-state index contributed by atoms with van der Waals surface area (Å²) in [7, 11) is 3.25.